The van der Waals surface area contributed by atoms with Gasteiger partial charge in [-0.15, -0.1) is 0 Å². The number of aryl methyl sites for hydroxylation is 1. The number of anilines is 1. The number of aromatic nitrogens is 2. The molecule has 6 nitrogen and oxygen atoms in total. The molecular formula is C21H19ClFN3O3. The number of halogens is 2. The van der Waals surface area contributed by atoms with Gasteiger partial charge in [0.05, 0.1) is 11.4 Å². The topological polar surface area (TPSA) is 64.4 Å². The summed E-state index contributed by atoms with van der Waals surface area (Å²) >= 11 is 6.31. The molecule has 0 aliphatic carbocycles. The number of nitrogens with zero attached hydrogens (tertiary/aromatic N) is 3. The number of para-hydroxylation sites is 1. The smallest absolute Gasteiger partial charge is 0.343 e. The maximum absolute atomic E-state index is 13.1. The molecule has 1 amide bonds. The van der Waals surface area contributed by atoms with E-state index >= 15 is 0 Å². The van der Waals surface area contributed by atoms with Crippen LogP contribution in [0, 0.1) is 12.7 Å². The Hall–Kier alpha value is -3.19. The van der Waals surface area contributed by atoms with E-state index in [0.29, 0.717) is 17.9 Å². The van der Waals surface area contributed by atoms with Crippen molar-refractivity contribution in [3.05, 3.63) is 76.8 Å². The fourth-order valence-electron chi connectivity index (χ4n) is 2.87. The first-order valence-corrected chi connectivity index (χ1v) is 9.33. The van der Waals surface area contributed by atoms with Gasteiger partial charge >= 0.3 is 5.97 Å². The quantitative estimate of drug-likeness (QED) is 0.566. The van der Waals surface area contributed by atoms with E-state index in [4.69, 9.17) is 16.3 Å². The first kappa shape index (κ1) is 20.5. The second-order valence-corrected chi connectivity index (χ2v) is 6.55. The molecule has 3 rings (SSSR count). The highest BCUT2D eigenvalue weighted by Gasteiger charge is 2.24. The lowest BCUT2D eigenvalue weighted by Gasteiger charge is -2.20. The predicted octanol–water partition coefficient (Wildman–Crippen LogP) is 4.18. The molecule has 0 atom stereocenters. The Morgan fingerprint density at radius 1 is 1.14 bits per heavy atom. The van der Waals surface area contributed by atoms with Crippen molar-refractivity contribution in [2.24, 2.45) is 0 Å². The number of esters is 1. The van der Waals surface area contributed by atoms with E-state index in [-0.39, 0.29) is 16.6 Å². The molecule has 0 bridgehead atoms. The van der Waals surface area contributed by atoms with E-state index in [9.17, 15) is 14.0 Å². The van der Waals surface area contributed by atoms with Crippen molar-refractivity contribution < 1.29 is 18.7 Å². The van der Waals surface area contributed by atoms with Crippen molar-refractivity contribution in [2.75, 3.05) is 18.1 Å². The summed E-state index contributed by atoms with van der Waals surface area (Å²) in [4.78, 5) is 26.6. The monoisotopic (exact) mass is 415 g/mol. The number of hydrogen-bond donors (Lipinski definition) is 0. The number of carbonyl (C=O) groups is 2. The Morgan fingerprint density at radius 2 is 1.79 bits per heavy atom. The van der Waals surface area contributed by atoms with Crippen molar-refractivity contribution in [2.45, 2.75) is 13.8 Å². The molecule has 0 aliphatic rings. The number of rotatable bonds is 6. The maximum Gasteiger partial charge on any atom is 0.343 e. The van der Waals surface area contributed by atoms with Crippen LogP contribution in [0.15, 0.2) is 54.6 Å². The molecule has 0 unspecified atom stereocenters. The van der Waals surface area contributed by atoms with Crippen molar-refractivity contribution in [1.29, 1.82) is 0 Å². The van der Waals surface area contributed by atoms with Crippen LogP contribution in [0.1, 0.15) is 23.0 Å². The summed E-state index contributed by atoms with van der Waals surface area (Å²) in [6, 6.07) is 14.6. The zero-order valence-electron chi connectivity index (χ0n) is 15.9. The second-order valence-electron chi connectivity index (χ2n) is 6.19. The van der Waals surface area contributed by atoms with Crippen LogP contribution in [-0.2, 0) is 9.53 Å². The minimum absolute atomic E-state index is 0.0296. The van der Waals surface area contributed by atoms with Crippen molar-refractivity contribution in [3.63, 3.8) is 0 Å². The summed E-state index contributed by atoms with van der Waals surface area (Å²) in [5.41, 5.74) is 1.61. The molecule has 2 aromatic carbocycles. The Kier molecular flexibility index (Phi) is 6.29. The fraction of sp³-hybridized carbons (Fsp3) is 0.190. The van der Waals surface area contributed by atoms with Crippen LogP contribution in [0.2, 0.25) is 5.15 Å². The van der Waals surface area contributed by atoms with Gasteiger partial charge in [0.1, 0.15) is 16.5 Å². The zero-order valence-corrected chi connectivity index (χ0v) is 16.7. The van der Waals surface area contributed by atoms with Gasteiger partial charge in [0.2, 0.25) is 0 Å². The van der Waals surface area contributed by atoms with Gasteiger partial charge in [-0.3, -0.25) is 4.79 Å². The minimum Gasteiger partial charge on any atom is -0.452 e. The largest absolute Gasteiger partial charge is 0.452 e. The third-order valence-corrected chi connectivity index (χ3v) is 4.64. The van der Waals surface area contributed by atoms with Crippen LogP contribution in [0.5, 0.6) is 0 Å². The highest BCUT2D eigenvalue weighted by atomic mass is 35.5. The van der Waals surface area contributed by atoms with Crippen LogP contribution >= 0.6 is 11.6 Å². The maximum atomic E-state index is 13.1. The van der Waals surface area contributed by atoms with Gasteiger partial charge in [-0.25, -0.2) is 13.9 Å². The van der Waals surface area contributed by atoms with E-state index < -0.39 is 18.4 Å². The second kappa shape index (κ2) is 8.87. The molecule has 1 heterocycles. The molecule has 0 aliphatic heterocycles. The zero-order chi connectivity index (χ0) is 21.0. The molecule has 0 radical (unpaired) electrons. The number of amides is 1. The fourth-order valence-corrected chi connectivity index (χ4v) is 3.22. The van der Waals surface area contributed by atoms with Crippen LogP contribution in [0.4, 0.5) is 10.1 Å². The van der Waals surface area contributed by atoms with E-state index in [1.807, 2.05) is 25.1 Å². The van der Waals surface area contributed by atoms with Gasteiger partial charge in [0, 0.05) is 12.2 Å². The van der Waals surface area contributed by atoms with Crippen LogP contribution in [-0.4, -0.2) is 34.8 Å². The van der Waals surface area contributed by atoms with Crippen LogP contribution in [0.25, 0.3) is 5.69 Å². The molecular weight excluding hydrogens is 397 g/mol. The molecule has 0 N–H and O–H groups in total. The molecule has 0 fully saturated rings. The number of benzene rings is 2. The average molecular weight is 416 g/mol. The van der Waals surface area contributed by atoms with Gasteiger partial charge < -0.3 is 9.64 Å². The molecule has 3 aromatic rings. The lowest BCUT2D eigenvalue weighted by Crippen LogP contribution is -2.34. The Balaban J connectivity index is 1.74. The number of carbonyl (C=O) groups excluding carboxylic acids is 2. The Morgan fingerprint density at radius 3 is 2.41 bits per heavy atom. The molecule has 0 saturated carbocycles. The van der Waals surface area contributed by atoms with Crippen molar-refractivity contribution >= 4 is 29.2 Å². The normalized spacial score (nSPS) is 10.6. The molecule has 8 heteroatoms. The third-order valence-electron chi connectivity index (χ3n) is 4.29. The van der Waals surface area contributed by atoms with Crippen LogP contribution < -0.4 is 4.90 Å². The van der Waals surface area contributed by atoms with Crippen molar-refractivity contribution in [1.82, 2.24) is 9.78 Å². The van der Waals surface area contributed by atoms with Gasteiger partial charge in [0.15, 0.2) is 6.61 Å². The van der Waals surface area contributed by atoms with Gasteiger partial charge in [-0.1, -0.05) is 29.8 Å². The summed E-state index contributed by atoms with van der Waals surface area (Å²) in [5.74, 6) is -1.50. The number of hydrogen-bond acceptors (Lipinski definition) is 4. The molecule has 29 heavy (non-hydrogen) atoms. The summed E-state index contributed by atoms with van der Waals surface area (Å²) < 4.78 is 19.6. The van der Waals surface area contributed by atoms with Gasteiger partial charge in [-0.05, 0) is 50.2 Å². The van der Waals surface area contributed by atoms with Gasteiger partial charge in [-0.2, -0.15) is 5.10 Å². The average Bonchev–Trinajstić information content (AvgIpc) is 3.02. The lowest BCUT2D eigenvalue weighted by atomic mass is 10.2. The minimum atomic E-state index is -0.752. The molecule has 150 valence electrons. The highest BCUT2D eigenvalue weighted by molar-refractivity contribution is 6.33. The first-order valence-electron chi connectivity index (χ1n) is 8.96. The van der Waals surface area contributed by atoms with E-state index in [1.54, 1.807) is 19.1 Å². The van der Waals surface area contributed by atoms with E-state index in [1.165, 1.54) is 33.8 Å². The Labute approximate surface area is 172 Å². The molecule has 0 spiro atoms. The predicted molar refractivity (Wildman–Crippen MR) is 108 cm³/mol. The van der Waals surface area contributed by atoms with Crippen LogP contribution in [0.3, 0.4) is 0 Å². The standard InChI is InChI=1S/C21H19ClFN3O3/c1-3-25(16-7-5-4-6-8-16)18(27)13-29-21(28)19-14(2)24-26(20(19)22)17-11-9-15(23)10-12-17/h4-12H,3,13H2,1-2H3. The summed E-state index contributed by atoms with van der Waals surface area (Å²) in [6.07, 6.45) is 0. The molecule has 0 saturated heterocycles. The van der Waals surface area contributed by atoms with Crippen molar-refractivity contribution in [3.8, 4) is 5.69 Å². The summed E-state index contributed by atoms with van der Waals surface area (Å²) in [7, 11) is 0. The summed E-state index contributed by atoms with van der Waals surface area (Å²) in [5, 5.41) is 4.25. The number of ether oxygens (including phenoxy) is 1. The lowest BCUT2D eigenvalue weighted by molar-refractivity contribution is -0.121. The summed E-state index contributed by atoms with van der Waals surface area (Å²) in [6.45, 7) is 3.44. The van der Waals surface area contributed by atoms with E-state index in [0.717, 1.165) is 5.69 Å². The Bertz CT molecular complexity index is 1020. The molecule has 1 aromatic heterocycles. The van der Waals surface area contributed by atoms with Gasteiger partial charge in [0.25, 0.3) is 5.91 Å². The van der Waals surface area contributed by atoms with E-state index in [2.05, 4.69) is 5.10 Å². The third kappa shape index (κ3) is 4.46. The first-order chi connectivity index (χ1) is 13.9. The highest BCUT2D eigenvalue weighted by Crippen LogP contribution is 2.24. The number of likely N-dealkylation sites (N-methyl/N-ethyl adjacent to an activating group) is 1. The SMILES string of the molecule is CCN(C(=O)COC(=O)c1c(C)nn(-c2ccc(F)cc2)c1Cl)c1ccccc1.